The van der Waals surface area contributed by atoms with Crippen LogP contribution < -0.4 is 10.9 Å². The van der Waals surface area contributed by atoms with Crippen molar-refractivity contribution >= 4 is 11.8 Å². The van der Waals surface area contributed by atoms with Gasteiger partial charge >= 0.3 is 0 Å². The largest absolute Gasteiger partial charge is 0.351 e. The van der Waals surface area contributed by atoms with Gasteiger partial charge in [-0.3, -0.25) is 19.3 Å². The number of carbonyl (C=O) groups excluding carboxylic acids is 2. The number of piperazine rings is 1. The average molecular weight is 467 g/mol. The molecular weight excluding hydrogens is 444 g/mol. The van der Waals surface area contributed by atoms with Crippen molar-refractivity contribution in [2.45, 2.75) is 0 Å². The molecule has 0 aliphatic carbocycles. The molecule has 0 atom stereocenters. The summed E-state index contributed by atoms with van der Waals surface area (Å²) in [6, 6.07) is 13.7. The number of benzene rings is 2. The van der Waals surface area contributed by atoms with E-state index < -0.39 is 23.1 Å². The lowest BCUT2D eigenvalue weighted by Crippen LogP contribution is -2.50. The Morgan fingerprint density at radius 1 is 0.912 bits per heavy atom. The fraction of sp³-hybridized carbons (Fsp3) is 0.250. The lowest BCUT2D eigenvalue weighted by Gasteiger charge is -2.34. The molecule has 1 aliphatic heterocycles. The van der Waals surface area contributed by atoms with Gasteiger partial charge in [0.05, 0.1) is 11.3 Å². The van der Waals surface area contributed by atoms with Crippen LogP contribution in [0.3, 0.4) is 0 Å². The summed E-state index contributed by atoms with van der Waals surface area (Å²) in [6.45, 7) is 3.02. The Balaban J connectivity index is 1.30. The third-order valence-electron chi connectivity index (χ3n) is 5.58. The number of halogens is 2. The smallest absolute Gasteiger partial charge is 0.274 e. The lowest BCUT2D eigenvalue weighted by molar-refractivity contribution is 0.0630. The Labute approximate surface area is 194 Å². The molecule has 0 unspecified atom stereocenters. The predicted molar refractivity (Wildman–Crippen MR) is 121 cm³/mol. The molecule has 0 spiro atoms. The molecule has 2 heterocycles. The Morgan fingerprint density at radius 3 is 2.32 bits per heavy atom. The van der Waals surface area contributed by atoms with Gasteiger partial charge in [-0.15, -0.1) is 0 Å². The molecule has 0 saturated carbocycles. The number of aromatic nitrogens is 2. The van der Waals surface area contributed by atoms with E-state index in [0.717, 1.165) is 4.68 Å². The number of hydrogen-bond donors (Lipinski definition) is 1. The summed E-state index contributed by atoms with van der Waals surface area (Å²) in [6.07, 6.45) is 0. The van der Waals surface area contributed by atoms with Crippen molar-refractivity contribution in [3.8, 4) is 5.69 Å². The van der Waals surface area contributed by atoms with Crippen molar-refractivity contribution in [1.29, 1.82) is 0 Å². The fourth-order valence-electron chi connectivity index (χ4n) is 3.70. The summed E-state index contributed by atoms with van der Waals surface area (Å²) in [5, 5.41) is 6.88. The van der Waals surface area contributed by atoms with Crippen molar-refractivity contribution in [2.24, 2.45) is 0 Å². The van der Waals surface area contributed by atoms with Crippen LogP contribution in [0, 0.1) is 11.6 Å². The molecule has 1 fully saturated rings. The number of hydrogen-bond acceptors (Lipinski definition) is 5. The third kappa shape index (κ3) is 5.34. The molecule has 176 valence electrons. The standard InChI is InChI=1S/C24H23F2N5O3/c25-17-5-7-18(8-6-17)31-22(32)10-9-21(28-31)24(34)30-15-13-29(14-16-30)12-11-27-23(33)19-3-1-2-4-20(19)26/h1-10H,11-16H2,(H,27,33). The maximum Gasteiger partial charge on any atom is 0.274 e. The van der Waals surface area contributed by atoms with Gasteiger partial charge in [-0.1, -0.05) is 12.1 Å². The number of nitrogens with zero attached hydrogens (tertiary/aromatic N) is 4. The summed E-state index contributed by atoms with van der Waals surface area (Å²) in [5.74, 6) is -1.77. The van der Waals surface area contributed by atoms with E-state index in [4.69, 9.17) is 0 Å². The van der Waals surface area contributed by atoms with Crippen LogP contribution in [0.1, 0.15) is 20.8 Å². The molecule has 1 aromatic heterocycles. The van der Waals surface area contributed by atoms with Gasteiger partial charge in [-0.05, 0) is 42.5 Å². The van der Waals surface area contributed by atoms with E-state index in [2.05, 4.69) is 15.3 Å². The fourth-order valence-corrected chi connectivity index (χ4v) is 3.70. The minimum absolute atomic E-state index is 0.00684. The summed E-state index contributed by atoms with van der Waals surface area (Å²) in [7, 11) is 0. The highest BCUT2D eigenvalue weighted by Gasteiger charge is 2.23. The molecule has 1 saturated heterocycles. The average Bonchev–Trinajstić information content (AvgIpc) is 2.85. The molecule has 1 N–H and O–H groups in total. The molecule has 0 radical (unpaired) electrons. The monoisotopic (exact) mass is 467 g/mol. The van der Waals surface area contributed by atoms with Crippen molar-refractivity contribution in [2.75, 3.05) is 39.3 Å². The minimum Gasteiger partial charge on any atom is -0.351 e. The van der Waals surface area contributed by atoms with Crippen LogP contribution in [0.15, 0.2) is 65.5 Å². The van der Waals surface area contributed by atoms with Crippen LogP contribution in [0.4, 0.5) is 8.78 Å². The molecule has 10 heteroatoms. The van der Waals surface area contributed by atoms with Crippen molar-refractivity contribution in [3.05, 3.63) is 93.9 Å². The van der Waals surface area contributed by atoms with Crippen molar-refractivity contribution in [3.63, 3.8) is 0 Å². The number of rotatable bonds is 6. The van der Waals surface area contributed by atoms with Crippen LogP contribution in [-0.2, 0) is 0 Å². The van der Waals surface area contributed by atoms with E-state index >= 15 is 0 Å². The quantitative estimate of drug-likeness (QED) is 0.596. The molecule has 2 aromatic carbocycles. The summed E-state index contributed by atoms with van der Waals surface area (Å²) >= 11 is 0. The second kappa shape index (κ2) is 10.3. The van der Waals surface area contributed by atoms with Gasteiger partial charge in [0.25, 0.3) is 17.4 Å². The zero-order valence-electron chi connectivity index (χ0n) is 18.3. The number of amides is 2. The predicted octanol–water partition coefficient (Wildman–Crippen LogP) is 1.70. The maximum atomic E-state index is 13.7. The molecule has 34 heavy (non-hydrogen) atoms. The van der Waals surface area contributed by atoms with Gasteiger partial charge in [0.15, 0.2) is 0 Å². The molecule has 8 nitrogen and oxygen atoms in total. The molecular formula is C24H23F2N5O3. The first-order valence-electron chi connectivity index (χ1n) is 10.8. The Bertz CT molecular complexity index is 1240. The van der Waals surface area contributed by atoms with Crippen LogP contribution in [0.25, 0.3) is 5.69 Å². The van der Waals surface area contributed by atoms with Gasteiger partial charge in [0.1, 0.15) is 17.3 Å². The van der Waals surface area contributed by atoms with Crippen LogP contribution >= 0.6 is 0 Å². The molecule has 0 bridgehead atoms. The second-order valence-electron chi connectivity index (χ2n) is 7.81. The lowest BCUT2D eigenvalue weighted by atomic mass is 10.2. The highest BCUT2D eigenvalue weighted by atomic mass is 19.1. The molecule has 2 amide bonds. The van der Waals surface area contributed by atoms with Crippen LogP contribution in [0.2, 0.25) is 0 Å². The molecule has 4 rings (SSSR count). The first-order valence-corrected chi connectivity index (χ1v) is 10.8. The van der Waals surface area contributed by atoms with Crippen LogP contribution in [0.5, 0.6) is 0 Å². The zero-order valence-corrected chi connectivity index (χ0v) is 18.3. The maximum absolute atomic E-state index is 13.7. The molecule has 3 aromatic rings. The van der Waals surface area contributed by atoms with Crippen molar-refractivity contribution < 1.29 is 18.4 Å². The first-order chi connectivity index (χ1) is 16.4. The Hall–Kier alpha value is -3.92. The summed E-state index contributed by atoms with van der Waals surface area (Å²) in [4.78, 5) is 41.0. The normalized spacial score (nSPS) is 14.1. The van der Waals surface area contributed by atoms with Gasteiger partial charge in [0, 0.05) is 45.3 Å². The third-order valence-corrected chi connectivity index (χ3v) is 5.58. The van der Waals surface area contributed by atoms with Gasteiger partial charge in [0.2, 0.25) is 0 Å². The SMILES string of the molecule is O=C(NCCN1CCN(C(=O)c2ccc(=O)n(-c3ccc(F)cc3)n2)CC1)c1ccccc1F. The summed E-state index contributed by atoms with van der Waals surface area (Å²) < 4.78 is 28.0. The van der Waals surface area contributed by atoms with E-state index in [1.807, 2.05) is 0 Å². The van der Waals surface area contributed by atoms with E-state index in [-0.39, 0.29) is 17.2 Å². The zero-order chi connectivity index (χ0) is 24.1. The van der Waals surface area contributed by atoms with E-state index in [0.29, 0.717) is 45.0 Å². The Kier molecular flexibility index (Phi) is 7.07. The number of nitrogens with one attached hydrogen (secondary N) is 1. The Morgan fingerprint density at radius 2 is 1.62 bits per heavy atom. The molecule has 1 aliphatic rings. The van der Waals surface area contributed by atoms with E-state index in [1.165, 1.54) is 54.6 Å². The highest BCUT2D eigenvalue weighted by molar-refractivity contribution is 5.94. The van der Waals surface area contributed by atoms with E-state index in [1.54, 1.807) is 11.0 Å². The van der Waals surface area contributed by atoms with Gasteiger partial charge < -0.3 is 10.2 Å². The van der Waals surface area contributed by atoms with Crippen molar-refractivity contribution in [1.82, 2.24) is 24.9 Å². The topological polar surface area (TPSA) is 87.5 Å². The minimum atomic E-state index is -0.563. The first kappa shape index (κ1) is 23.2. The van der Waals surface area contributed by atoms with Gasteiger partial charge in [-0.25, -0.2) is 8.78 Å². The van der Waals surface area contributed by atoms with Crippen LogP contribution in [-0.4, -0.2) is 70.7 Å². The van der Waals surface area contributed by atoms with E-state index in [9.17, 15) is 23.2 Å². The summed E-state index contributed by atoms with van der Waals surface area (Å²) in [5.41, 5.74) is 0.0654. The number of carbonyl (C=O) groups is 2. The second-order valence-corrected chi connectivity index (χ2v) is 7.81. The highest BCUT2D eigenvalue weighted by Crippen LogP contribution is 2.10. The van der Waals surface area contributed by atoms with Gasteiger partial charge in [-0.2, -0.15) is 9.78 Å².